The summed E-state index contributed by atoms with van der Waals surface area (Å²) in [7, 11) is 0. The van der Waals surface area contributed by atoms with Crippen molar-refractivity contribution in [3.8, 4) is 0 Å². The molecular weight excluding hydrogens is 329 g/mol. The predicted molar refractivity (Wildman–Crippen MR) is 104 cm³/mol. The van der Waals surface area contributed by atoms with Gasteiger partial charge in [-0.2, -0.15) is 0 Å². The van der Waals surface area contributed by atoms with E-state index in [-0.39, 0.29) is 5.82 Å². The summed E-state index contributed by atoms with van der Waals surface area (Å²) < 4.78 is 16.7. The van der Waals surface area contributed by atoms with Crippen LogP contribution >= 0.6 is 11.8 Å². The molecule has 2 heterocycles. The first-order valence-corrected chi connectivity index (χ1v) is 9.95. The molecule has 1 aliphatic heterocycles. The van der Waals surface area contributed by atoms with Crippen LogP contribution in [0, 0.1) is 12.7 Å². The van der Waals surface area contributed by atoms with Gasteiger partial charge in [0.05, 0.1) is 5.52 Å². The number of aromatic nitrogens is 1. The standard InChI is InChI=1S/C22H24FNS/c1-14(2)18-12-16(23)13-20-21(18)22(19-6-4-5-11-24(19)20)25-17-9-7-15(3)8-10-17/h7-10,12-14H,4-6,11H2,1-3H3. The lowest BCUT2D eigenvalue weighted by molar-refractivity contribution is 0.537. The molecule has 0 atom stereocenters. The molecule has 0 amide bonds. The van der Waals surface area contributed by atoms with Crippen LogP contribution in [-0.2, 0) is 13.0 Å². The van der Waals surface area contributed by atoms with Gasteiger partial charge in [0.1, 0.15) is 5.82 Å². The van der Waals surface area contributed by atoms with Crippen LogP contribution in [0.4, 0.5) is 4.39 Å². The van der Waals surface area contributed by atoms with Gasteiger partial charge >= 0.3 is 0 Å². The predicted octanol–water partition coefficient (Wildman–Crippen LogP) is 6.70. The molecule has 1 aliphatic rings. The fourth-order valence-corrected chi connectivity index (χ4v) is 5.00. The van der Waals surface area contributed by atoms with E-state index in [1.165, 1.54) is 39.3 Å². The molecule has 0 unspecified atom stereocenters. The minimum atomic E-state index is -0.117. The van der Waals surface area contributed by atoms with Crippen molar-refractivity contribution >= 4 is 22.7 Å². The highest BCUT2D eigenvalue weighted by Gasteiger charge is 2.24. The number of hydrogen-bond donors (Lipinski definition) is 0. The molecule has 0 saturated heterocycles. The second-order valence-electron chi connectivity index (χ2n) is 7.34. The van der Waals surface area contributed by atoms with Crippen molar-refractivity contribution in [2.75, 3.05) is 0 Å². The highest BCUT2D eigenvalue weighted by Crippen LogP contribution is 2.44. The van der Waals surface area contributed by atoms with E-state index in [4.69, 9.17) is 0 Å². The summed E-state index contributed by atoms with van der Waals surface area (Å²) in [5.74, 6) is 0.189. The molecule has 0 N–H and O–H groups in total. The van der Waals surface area contributed by atoms with Crippen molar-refractivity contribution < 1.29 is 4.39 Å². The number of nitrogens with zero attached hydrogens (tertiary/aromatic N) is 1. The lowest BCUT2D eigenvalue weighted by Crippen LogP contribution is -2.09. The van der Waals surface area contributed by atoms with Crippen LogP contribution in [0.1, 0.15) is 49.4 Å². The van der Waals surface area contributed by atoms with Gasteiger partial charge < -0.3 is 4.57 Å². The zero-order valence-electron chi connectivity index (χ0n) is 15.1. The third-order valence-corrected chi connectivity index (χ3v) is 6.28. The van der Waals surface area contributed by atoms with E-state index in [0.717, 1.165) is 24.0 Å². The SMILES string of the molecule is Cc1ccc(Sc2c3n(c4cc(F)cc(C(C)C)c24)CCCC3)cc1. The zero-order chi connectivity index (χ0) is 17.6. The molecular formula is C22H24FNS. The minimum Gasteiger partial charge on any atom is -0.343 e. The van der Waals surface area contributed by atoms with E-state index in [1.807, 2.05) is 11.8 Å². The second kappa shape index (κ2) is 6.53. The van der Waals surface area contributed by atoms with Crippen LogP contribution in [-0.4, -0.2) is 4.57 Å². The first-order chi connectivity index (χ1) is 12.0. The normalized spacial score (nSPS) is 14.3. The second-order valence-corrected chi connectivity index (χ2v) is 8.43. The molecule has 0 fully saturated rings. The van der Waals surface area contributed by atoms with Crippen LogP contribution in [0.5, 0.6) is 0 Å². The first kappa shape index (κ1) is 16.7. The van der Waals surface area contributed by atoms with Crippen LogP contribution in [0.2, 0.25) is 0 Å². The van der Waals surface area contributed by atoms with Crippen LogP contribution in [0.25, 0.3) is 10.9 Å². The van der Waals surface area contributed by atoms with Crippen LogP contribution in [0.3, 0.4) is 0 Å². The highest BCUT2D eigenvalue weighted by molar-refractivity contribution is 7.99. The molecule has 2 aromatic carbocycles. The Balaban J connectivity index is 1.96. The summed E-state index contributed by atoms with van der Waals surface area (Å²) in [5, 5.41) is 1.26. The summed E-state index contributed by atoms with van der Waals surface area (Å²) in [4.78, 5) is 2.59. The van der Waals surface area contributed by atoms with Crippen molar-refractivity contribution in [1.29, 1.82) is 0 Å². The molecule has 1 nitrogen and oxygen atoms in total. The fraction of sp³-hybridized carbons (Fsp3) is 0.364. The van der Waals surface area contributed by atoms with E-state index in [0.29, 0.717) is 5.92 Å². The molecule has 0 aliphatic carbocycles. The summed E-state index contributed by atoms with van der Waals surface area (Å²) in [6, 6.07) is 12.2. The number of rotatable bonds is 3. The topological polar surface area (TPSA) is 4.93 Å². The number of hydrogen-bond acceptors (Lipinski definition) is 1. The van der Waals surface area contributed by atoms with E-state index in [1.54, 1.807) is 12.1 Å². The van der Waals surface area contributed by atoms with E-state index >= 15 is 0 Å². The van der Waals surface area contributed by atoms with E-state index in [2.05, 4.69) is 49.6 Å². The van der Waals surface area contributed by atoms with Gasteiger partial charge in [-0.1, -0.05) is 43.3 Å². The Morgan fingerprint density at radius 3 is 2.56 bits per heavy atom. The average Bonchev–Trinajstić information content (AvgIpc) is 2.90. The average molecular weight is 354 g/mol. The van der Waals surface area contributed by atoms with Gasteiger partial charge in [-0.25, -0.2) is 4.39 Å². The number of aryl methyl sites for hydroxylation is 2. The van der Waals surface area contributed by atoms with E-state index in [9.17, 15) is 4.39 Å². The number of fused-ring (bicyclic) bond motifs is 3. The lowest BCUT2D eigenvalue weighted by Gasteiger charge is -2.17. The molecule has 0 radical (unpaired) electrons. The summed E-state index contributed by atoms with van der Waals surface area (Å²) >= 11 is 1.84. The Hall–Kier alpha value is -1.74. The molecule has 0 saturated carbocycles. The van der Waals surface area contributed by atoms with Gasteiger partial charge in [0.15, 0.2) is 0 Å². The molecule has 4 rings (SSSR count). The van der Waals surface area contributed by atoms with Gasteiger partial charge in [-0.3, -0.25) is 0 Å². The summed E-state index contributed by atoms with van der Waals surface area (Å²) in [6.07, 6.45) is 3.48. The number of halogens is 1. The Labute approximate surface area is 153 Å². The molecule has 0 spiro atoms. The molecule has 3 heteroatoms. The number of benzene rings is 2. The zero-order valence-corrected chi connectivity index (χ0v) is 15.9. The lowest BCUT2D eigenvalue weighted by atomic mass is 9.99. The third kappa shape index (κ3) is 2.99. The summed E-state index contributed by atoms with van der Waals surface area (Å²) in [6.45, 7) is 7.43. The quantitative estimate of drug-likeness (QED) is 0.507. The van der Waals surface area contributed by atoms with Gasteiger partial charge in [-0.05, 0) is 61.9 Å². The van der Waals surface area contributed by atoms with Crippen LogP contribution < -0.4 is 0 Å². The molecule has 3 aromatic rings. The summed E-state index contributed by atoms with van der Waals surface area (Å²) in [5.41, 5.74) is 4.87. The largest absolute Gasteiger partial charge is 0.343 e. The third-order valence-electron chi connectivity index (χ3n) is 5.13. The molecule has 1 aromatic heterocycles. The Kier molecular flexibility index (Phi) is 4.36. The highest BCUT2D eigenvalue weighted by atomic mass is 32.2. The molecule has 25 heavy (non-hydrogen) atoms. The van der Waals surface area contributed by atoms with Crippen molar-refractivity contribution in [1.82, 2.24) is 4.57 Å². The van der Waals surface area contributed by atoms with Crippen LogP contribution in [0.15, 0.2) is 46.2 Å². The van der Waals surface area contributed by atoms with Crippen molar-refractivity contribution in [2.45, 2.75) is 62.3 Å². The smallest absolute Gasteiger partial charge is 0.125 e. The first-order valence-electron chi connectivity index (χ1n) is 9.13. The Morgan fingerprint density at radius 1 is 1.08 bits per heavy atom. The maximum Gasteiger partial charge on any atom is 0.125 e. The van der Waals surface area contributed by atoms with Crippen molar-refractivity contribution in [3.63, 3.8) is 0 Å². The maximum atomic E-state index is 14.3. The van der Waals surface area contributed by atoms with Crippen molar-refractivity contribution in [3.05, 3.63) is 59.0 Å². The van der Waals surface area contributed by atoms with Gasteiger partial charge in [0, 0.05) is 27.4 Å². The fourth-order valence-electron chi connectivity index (χ4n) is 3.84. The molecule has 0 bridgehead atoms. The van der Waals surface area contributed by atoms with Crippen molar-refractivity contribution in [2.24, 2.45) is 0 Å². The maximum absolute atomic E-state index is 14.3. The van der Waals surface area contributed by atoms with Gasteiger partial charge in [0.25, 0.3) is 0 Å². The van der Waals surface area contributed by atoms with Gasteiger partial charge in [-0.15, -0.1) is 0 Å². The minimum absolute atomic E-state index is 0.117. The monoisotopic (exact) mass is 353 g/mol. The van der Waals surface area contributed by atoms with E-state index < -0.39 is 0 Å². The Morgan fingerprint density at radius 2 is 1.84 bits per heavy atom. The van der Waals surface area contributed by atoms with Gasteiger partial charge in [0.2, 0.25) is 0 Å². The molecule has 130 valence electrons. The Bertz CT molecular complexity index is 922.